The molecular weight excluding hydrogens is 276 g/mol. The van der Waals surface area contributed by atoms with Crippen LogP contribution in [0.2, 0.25) is 0 Å². The van der Waals surface area contributed by atoms with E-state index in [2.05, 4.69) is 30.1 Å². The van der Waals surface area contributed by atoms with Crippen LogP contribution >= 0.6 is 0 Å². The number of benzene rings is 1. The minimum Gasteiger partial charge on any atom is -0.491 e. The number of allylic oxidation sites excluding steroid dienone is 1. The number of aliphatic hydroxyl groups is 1. The van der Waals surface area contributed by atoms with E-state index in [1.165, 1.54) is 18.4 Å². The average Bonchev–Trinajstić information content (AvgIpc) is 2.53. The lowest BCUT2D eigenvalue weighted by molar-refractivity contribution is 0.201. The van der Waals surface area contributed by atoms with Crippen molar-refractivity contribution in [2.45, 2.75) is 32.7 Å². The van der Waals surface area contributed by atoms with Crippen LogP contribution in [0.15, 0.2) is 35.9 Å². The number of rotatable bonds is 7. The molecule has 1 aromatic rings. The third kappa shape index (κ3) is 5.70. The fourth-order valence-electron chi connectivity index (χ4n) is 2.62. The Labute approximate surface area is 133 Å². The molecule has 0 unspecified atom stereocenters. The number of aliphatic hydroxyl groups excluding tert-OH is 1. The van der Waals surface area contributed by atoms with E-state index in [0.717, 1.165) is 31.1 Å². The number of hydrogen-bond donors (Lipinski definition) is 2. The molecule has 2 rings (SSSR count). The Morgan fingerprint density at radius 1 is 1.27 bits per heavy atom. The van der Waals surface area contributed by atoms with E-state index < -0.39 is 0 Å². The Hall–Kier alpha value is -1.52. The first kappa shape index (κ1) is 16.8. The number of anilines is 1. The largest absolute Gasteiger partial charge is 0.491 e. The van der Waals surface area contributed by atoms with Gasteiger partial charge in [0.1, 0.15) is 12.4 Å². The normalized spacial score (nSPS) is 16.3. The molecule has 0 aliphatic carbocycles. The predicted octanol–water partition coefficient (Wildman–Crippen LogP) is 2.90. The summed E-state index contributed by atoms with van der Waals surface area (Å²) in [7, 11) is 0. The molecule has 4 nitrogen and oxygen atoms in total. The zero-order valence-electron chi connectivity index (χ0n) is 13.7. The summed E-state index contributed by atoms with van der Waals surface area (Å²) >= 11 is 0. The van der Waals surface area contributed by atoms with Crippen LogP contribution in [0.4, 0.5) is 5.69 Å². The maximum Gasteiger partial charge on any atom is 0.119 e. The first-order valence-corrected chi connectivity index (χ1v) is 8.13. The molecule has 22 heavy (non-hydrogen) atoms. The molecule has 0 saturated carbocycles. The van der Waals surface area contributed by atoms with Gasteiger partial charge in [-0.15, -0.1) is 0 Å². The molecule has 0 aromatic heterocycles. The first-order valence-electron chi connectivity index (χ1n) is 8.13. The molecule has 1 saturated heterocycles. The molecule has 4 heteroatoms. The van der Waals surface area contributed by atoms with Gasteiger partial charge in [-0.3, -0.25) is 4.90 Å². The quantitative estimate of drug-likeness (QED) is 0.760. The number of nitrogens with one attached hydrogen (secondary N) is 1. The number of piperidine rings is 1. The lowest BCUT2D eigenvalue weighted by Gasteiger charge is -2.32. The molecule has 0 atom stereocenters. The minimum atomic E-state index is 0.0469. The minimum absolute atomic E-state index is 0.0469. The molecule has 0 radical (unpaired) electrons. The lowest BCUT2D eigenvalue weighted by Crippen LogP contribution is -2.39. The highest BCUT2D eigenvalue weighted by molar-refractivity contribution is 5.47. The average molecular weight is 304 g/mol. The summed E-state index contributed by atoms with van der Waals surface area (Å²) in [5.74, 6) is 0.802. The van der Waals surface area contributed by atoms with Crippen molar-refractivity contribution in [3.05, 3.63) is 35.9 Å². The number of hydrogen-bond acceptors (Lipinski definition) is 4. The summed E-state index contributed by atoms with van der Waals surface area (Å²) < 4.78 is 5.37. The van der Waals surface area contributed by atoms with E-state index in [-0.39, 0.29) is 6.61 Å². The van der Waals surface area contributed by atoms with Gasteiger partial charge in [-0.2, -0.15) is 0 Å². The number of ether oxygens (including phenoxy) is 1. The fourth-order valence-corrected chi connectivity index (χ4v) is 2.62. The standard InChI is InChI=1S/C18H28N2O2/c1-15(2)7-10-20-11-8-17(9-12-20)19-16-3-5-18(6-4-16)22-14-13-21/h3-7,17,19,21H,8-14H2,1-2H3. The molecule has 0 spiro atoms. The zero-order chi connectivity index (χ0) is 15.8. The summed E-state index contributed by atoms with van der Waals surface area (Å²) in [5, 5.41) is 12.3. The van der Waals surface area contributed by atoms with Crippen molar-refractivity contribution in [1.82, 2.24) is 4.90 Å². The van der Waals surface area contributed by atoms with E-state index in [1.54, 1.807) is 0 Å². The summed E-state index contributed by atoms with van der Waals surface area (Å²) in [5.41, 5.74) is 2.53. The fraction of sp³-hybridized carbons (Fsp3) is 0.556. The lowest BCUT2D eigenvalue weighted by atomic mass is 10.0. The van der Waals surface area contributed by atoms with Gasteiger partial charge in [0.25, 0.3) is 0 Å². The molecule has 1 aromatic carbocycles. The second-order valence-corrected chi connectivity index (χ2v) is 6.10. The second-order valence-electron chi connectivity index (χ2n) is 6.10. The third-order valence-corrected chi connectivity index (χ3v) is 3.93. The topological polar surface area (TPSA) is 44.7 Å². The highest BCUT2D eigenvalue weighted by atomic mass is 16.5. The molecule has 2 N–H and O–H groups in total. The van der Waals surface area contributed by atoms with E-state index in [9.17, 15) is 0 Å². The summed E-state index contributed by atoms with van der Waals surface area (Å²) in [6.45, 7) is 8.08. The van der Waals surface area contributed by atoms with Gasteiger partial charge in [0.2, 0.25) is 0 Å². The van der Waals surface area contributed by atoms with Gasteiger partial charge in [-0.25, -0.2) is 0 Å². The van der Waals surface area contributed by atoms with Crippen LogP contribution in [0, 0.1) is 0 Å². The van der Waals surface area contributed by atoms with Crippen LogP contribution in [-0.2, 0) is 0 Å². The maximum absolute atomic E-state index is 8.74. The SMILES string of the molecule is CC(C)=CCN1CCC(Nc2ccc(OCCO)cc2)CC1. The monoisotopic (exact) mass is 304 g/mol. The Bertz CT molecular complexity index is 458. The van der Waals surface area contributed by atoms with E-state index in [1.807, 2.05) is 24.3 Å². The Morgan fingerprint density at radius 2 is 1.95 bits per heavy atom. The molecule has 1 fully saturated rings. The zero-order valence-corrected chi connectivity index (χ0v) is 13.7. The smallest absolute Gasteiger partial charge is 0.119 e. The Morgan fingerprint density at radius 3 is 2.55 bits per heavy atom. The van der Waals surface area contributed by atoms with Crippen LogP contribution in [0.25, 0.3) is 0 Å². The van der Waals surface area contributed by atoms with Crippen molar-refractivity contribution in [2.75, 3.05) is 38.2 Å². The van der Waals surface area contributed by atoms with Gasteiger partial charge < -0.3 is 15.2 Å². The van der Waals surface area contributed by atoms with Gasteiger partial charge in [0.05, 0.1) is 6.61 Å². The van der Waals surface area contributed by atoms with Crippen LogP contribution in [0.5, 0.6) is 5.75 Å². The van der Waals surface area contributed by atoms with E-state index in [4.69, 9.17) is 9.84 Å². The van der Waals surface area contributed by atoms with Crippen molar-refractivity contribution in [1.29, 1.82) is 0 Å². The second kappa shape index (κ2) is 8.81. The van der Waals surface area contributed by atoms with Gasteiger partial charge in [-0.1, -0.05) is 11.6 Å². The van der Waals surface area contributed by atoms with Crippen LogP contribution in [0.1, 0.15) is 26.7 Å². The highest BCUT2D eigenvalue weighted by Crippen LogP contribution is 2.19. The van der Waals surface area contributed by atoms with Crippen molar-refractivity contribution < 1.29 is 9.84 Å². The van der Waals surface area contributed by atoms with Crippen LogP contribution < -0.4 is 10.1 Å². The maximum atomic E-state index is 8.74. The van der Waals surface area contributed by atoms with Gasteiger partial charge in [0.15, 0.2) is 0 Å². The molecule has 1 heterocycles. The van der Waals surface area contributed by atoms with Gasteiger partial charge in [0, 0.05) is 31.4 Å². The number of nitrogens with zero attached hydrogens (tertiary/aromatic N) is 1. The van der Waals surface area contributed by atoms with Crippen LogP contribution in [0.3, 0.4) is 0 Å². The van der Waals surface area contributed by atoms with E-state index >= 15 is 0 Å². The first-order chi connectivity index (χ1) is 10.7. The summed E-state index contributed by atoms with van der Waals surface area (Å²) in [6, 6.07) is 8.53. The summed E-state index contributed by atoms with van der Waals surface area (Å²) in [4.78, 5) is 2.51. The third-order valence-electron chi connectivity index (χ3n) is 3.93. The van der Waals surface area contributed by atoms with Crippen molar-refractivity contribution in [3.8, 4) is 5.75 Å². The molecule has 122 valence electrons. The molecule has 0 bridgehead atoms. The number of likely N-dealkylation sites (tertiary alicyclic amines) is 1. The molecule has 0 amide bonds. The Kier molecular flexibility index (Phi) is 6.74. The molecule has 1 aliphatic heterocycles. The van der Waals surface area contributed by atoms with Gasteiger partial charge >= 0.3 is 0 Å². The Balaban J connectivity index is 1.74. The molecule has 1 aliphatic rings. The van der Waals surface area contributed by atoms with E-state index in [0.29, 0.717) is 12.6 Å². The van der Waals surface area contributed by atoms with Crippen molar-refractivity contribution in [3.63, 3.8) is 0 Å². The van der Waals surface area contributed by atoms with Crippen LogP contribution in [-0.4, -0.2) is 48.9 Å². The molecular formula is C18H28N2O2. The van der Waals surface area contributed by atoms with Crippen molar-refractivity contribution in [2.24, 2.45) is 0 Å². The predicted molar refractivity (Wildman–Crippen MR) is 91.5 cm³/mol. The van der Waals surface area contributed by atoms with Crippen molar-refractivity contribution >= 4 is 5.69 Å². The highest BCUT2D eigenvalue weighted by Gasteiger charge is 2.18. The summed E-state index contributed by atoms with van der Waals surface area (Å²) in [6.07, 6.45) is 4.66. The van der Waals surface area contributed by atoms with Gasteiger partial charge in [-0.05, 0) is 51.0 Å².